The van der Waals surface area contributed by atoms with Crippen molar-refractivity contribution in [3.8, 4) is 0 Å². The first kappa shape index (κ1) is 15.6. The Labute approximate surface area is 143 Å². The van der Waals surface area contributed by atoms with Crippen LogP contribution in [0.1, 0.15) is 17.0 Å². The first-order chi connectivity index (χ1) is 12.1. The van der Waals surface area contributed by atoms with Crippen molar-refractivity contribution in [2.45, 2.75) is 25.4 Å². The first-order valence-corrected chi connectivity index (χ1v) is 8.28. The number of H-pyrrole nitrogens is 2. The molecule has 0 saturated carbocycles. The second kappa shape index (κ2) is 6.18. The Hall–Kier alpha value is -2.93. The number of nitrogens with one attached hydrogen (secondary N) is 2. The lowest BCUT2D eigenvalue weighted by Crippen LogP contribution is -2.47. The molecule has 0 spiro atoms. The molecule has 2 aromatic heterocycles. The number of rotatable bonds is 3. The summed E-state index contributed by atoms with van der Waals surface area (Å²) in [5, 5.41) is 1.66. The molecule has 128 valence electrons. The molecule has 3 heterocycles. The molecule has 1 amide bonds. The number of carbonyl (C=O) groups excluding carboxylic acids is 1. The van der Waals surface area contributed by atoms with E-state index in [1.54, 1.807) is 17.4 Å². The molecule has 1 aromatic carbocycles. The largest absolute Gasteiger partial charge is 0.351 e. The third-order valence-corrected chi connectivity index (χ3v) is 4.72. The fraction of sp³-hybridized carbons (Fsp3) is 0.278. The zero-order chi connectivity index (χ0) is 17.4. The number of carbonyl (C=O) groups is 1. The summed E-state index contributed by atoms with van der Waals surface area (Å²) in [5.41, 5.74) is 8.62. The van der Waals surface area contributed by atoms with Crippen LogP contribution in [-0.2, 0) is 24.2 Å². The topological polar surface area (TPSA) is 108 Å². The highest BCUT2D eigenvalue weighted by Gasteiger charge is 2.27. The van der Waals surface area contributed by atoms with Gasteiger partial charge in [0.1, 0.15) is 0 Å². The van der Waals surface area contributed by atoms with E-state index >= 15 is 0 Å². The number of imidazole rings is 1. The Balaban J connectivity index is 1.58. The Morgan fingerprint density at radius 3 is 2.88 bits per heavy atom. The fourth-order valence-corrected chi connectivity index (χ4v) is 3.46. The monoisotopic (exact) mass is 337 g/mol. The van der Waals surface area contributed by atoms with E-state index in [9.17, 15) is 9.59 Å². The standard InChI is InChI=1S/C18H19N5O2/c19-15(7-11-8-20-10-21-11)18(25)23-6-5-13-12-3-1-2-4-14(12)17(24)22-16(13)9-23/h1-4,8,10,15H,5-7,9,19H2,(H,20,21)(H,22,24)/t15-/m1/s1. The van der Waals surface area contributed by atoms with E-state index in [0.29, 0.717) is 31.3 Å². The SMILES string of the molecule is N[C@H](Cc1c[nH]cn1)C(=O)N1CCc2c([nH]c(=O)c3ccccc23)C1. The predicted molar refractivity (Wildman–Crippen MR) is 94.0 cm³/mol. The number of benzene rings is 1. The highest BCUT2D eigenvalue weighted by molar-refractivity contribution is 5.86. The number of pyridine rings is 1. The molecule has 4 rings (SSSR count). The molecule has 0 fully saturated rings. The maximum absolute atomic E-state index is 12.7. The lowest BCUT2D eigenvalue weighted by molar-refractivity contribution is -0.133. The lowest BCUT2D eigenvalue weighted by Gasteiger charge is -2.31. The number of hydrogen-bond acceptors (Lipinski definition) is 4. The van der Waals surface area contributed by atoms with Gasteiger partial charge in [-0.25, -0.2) is 4.98 Å². The summed E-state index contributed by atoms with van der Waals surface area (Å²) in [6.07, 6.45) is 4.40. The van der Waals surface area contributed by atoms with E-state index in [4.69, 9.17) is 5.73 Å². The number of hydrogen-bond donors (Lipinski definition) is 3. The van der Waals surface area contributed by atoms with Gasteiger partial charge >= 0.3 is 0 Å². The third kappa shape index (κ3) is 2.83. The highest BCUT2D eigenvalue weighted by Crippen LogP contribution is 2.24. The van der Waals surface area contributed by atoms with Crippen LogP contribution in [0.3, 0.4) is 0 Å². The molecule has 7 nitrogen and oxygen atoms in total. The molecular weight excluding hydrogens is 318 g/mol. The predicted octanol–water partition coefficient (Wildman–Crippen LogP) is 0.706. The summed E-state index contributed by atoms with van der Waals surface area (Å²) < 4.78 is 0. The Morgan fingerprint density at radius 2 is 2.12 bits per heavy atom. The van der Waals surface area contributed by atoms with Crippen molar-refractivity contribution < 1.29 is 4.79 Å². The van der Waals surface area contributed by atoms with Crippen LogP contribution in [0.15, 0.2) is 41.6 Å². The number of nitrogens with zero attached hydrogens (tertiary/aromatic N) is 2. The van der Waals surface area contributed by atoms with E-state index in [2.05, 4.69) is 15.0 Å². The van der Waals surface area contributed by atoms with Crippen LogP contribution in [-0.4, -0.2) is 38.3 Å². The normalized spacial score (nSPS) is 15.2. The Bertz CT molecular complexity index is 977. The van der Waals surface area contributed by atoms with E-state index in [0.717, 1.165) is 22.3 Å². The smallest absolute Gasteiger partial charge is 0.256 e. The number of aromatic nitrogens is 3. The van der Waals surface area contributed by atoms with Crippen LogP contribution in [0.2, 0.25) is 0 Å². The van der Waals surface area contributed by atoms with E-state index in [-0.39, 0.29) is 11.5 Å². The molecule has 0 aliphatic carbocycles. The molecule has 4 N–H and O–H groups in total. The van der Waals surface area contributed by atoms with Crippen molar-refractivity contribution in [1.82, 2.24) is 19.9 Å². The van der Waals surface area contributed by atoms with E-state index in [1.807, 2.05) is 24.3 Å². The van der Waals surface area contributed by atoms with Gasteiger partial charge < -0.3 is 20.6 Å². The van der Waals surface area contributed by atoms with E-state index < -0.39 is 6.04 Å². The van der Waals surface area contributed by atoms with Crippen molar-refractivity contribution >= 4 is 16.7 Å². The summed E-state index contributed by atoms with van der Waals surface area (Å²) in [5.74, 6) is -0.123. The molecule has 1 aliphatic rings. The zero-order valence-corrected chi connectivity index (χ0v) is 13.7. The summed E-state index contributed by atoms with van der Waals surface area (Å²) in [6.45, 7) is 0.971. The van der Waals surface area contributed by atoms with Crippen LogP contribution in [0, 0.1) is 0 Å². The van der Waals surface area contributed by atoms with Gasteiger partial charge in [-0.05, 0) is 23.4 Å². The minimum Gasteiger partial charge on any atom is -0.351 e. The molecular formula is C18H19N5O2. The quantitative estimate of drug-likeness (QED) is 0.654. The van der Waals surface area contributed by atoms with Gasteiger partial charge in [0.15, 0.2) is 0 Å². The van der Waals surface area contributed by atoms with Crippen LogP contribution < -0.4 is 11.3 Å². The van der Waals surface area contributed by atoms with Gasteiger partial charge in [-0.2, -0.15) is 0 Å². The summed E-state index contributed by atoms with van der Waals surface area (Å²) in [7, 11) is 0. The summed E-state index contributed by atoms with van der Waals surface area (Å²) in [4.78, 5) is 36.5. The zero-order valence-electron chi connectivity index (χ0n) is 13.7. The average Bonchev–Trinajstić information content (AvgIpc) is 3.14. The minimum absolute atomic E-state index is 0.121. The maximum Gasteiger partial charge on any atom is 0.256 e. The van der Waals surface area contributed by atoms with Crippen molar-refractivity contribution in [3.63, 3.8) is 0 Å². The molecule has 0 saturated heterocycles. The molecule has 3 aromatic rings. The number of amides is 1. The van der Waals surface area contributed by atoms with Crippen molar-refractivity contribution in [2.75, 3.05) is 6.54 Å². The van der Waals surface area contributed by atoms with Crippen molar-refractivity contribution in [1.29, 1.82) is 0 Å². The second-order valence-electron chi connectivity index (χ2n) is 6.34. The molecule has 7 heteroatoms. The first-order valence-electron chi connectivity index (χ1n) is 8.28. The van der Waals surface area contributed by atoms with Crippen molar-refractivity contribution in [3.05, 3.63) is 64.1 Å². The Morgan fingerprint density at radius 1 is 1.32 bits per heavy atom. The van der Waals surface area contributed by atoms with Crippen LogP contribution in [0.5, 0.6) is 0 Å². The van der Waals surface area contributed by atoms with Crippen LogP contribution in [0.25, 0.3) is 10.8 Å². The fourth-order valence-electron chi connectivity index (χ4n) is 3.46. The van der Waals surface area contributed by atoms with Gasteiger partial charge in [0.25, 0.3) is 5.56 Å². The van der Waals surface area contributed by atoms with Gasteiger partial charge in [-0.1, -0.05) is 18.2 Å². The third-order valence-electron chi connectivity index (χ3n) is 4.72. The number of aromatic amines is 2. The van der Waals surface area contributed by atoms with Gasteiger partial charge in [0.2, 0.25) is 5.91 Å². The summed E-state index contributed by atoms with van der Waals surface area (Å²) >= 11 is 0. The van der Waals surface area contributed by atoms with Gasteiger partial charge in [0, 0.05) is 30.2 Å². The minimum atomic E-state index is -0.642. The number of fused-ring (bicyclic) bond motifs is 3. The van der Waals surface area contributed by atoms with Gasteiger partial charge in [0.05, 0.1) is 24.6 Å². The molecule has 25 heavy (non-hydrogen) atoms. The Kier molecular flexibility index (Phi) is 3.85. The van der Waals surface area contributed by atoms with Crippen molar-refractivity contribution in [2.24, 2.45) is 5.73 Å². The average molecular weight is 337 g/mol. The van der Waals surface area contributed by atoms with Gasteiger partial charge in [-0.3, -0.25) is 9.59 Å². The highest BCUT2D eigenvalue weighted by atomic mass is 16.2. The summed E-state index contributed by atoms with van der Waals surface area (Å²) in [6, 6.07) is 6.93. The van der Waals surface area contributed by atoms with Gasteiger partial charge in [-0.15, -0.1) is 0 Å². The molecule has 1 aliphatic heterocycles. The van der Waals surface area contributed by atoms with Crippen LogP contribution in [0.4, 0.5) is 0 Å². The van der Waals surface area contributed by atoms with Crippen LogP contribution >= 0.6 is 0 Å². The number of nitrogens with two attached hydrogens (primary N) is 1. The molecule has 0 unspecified atom stereocenters. The maximum atomic E-state index is 12.7. The lowest BCUT2D eigenvalue weighted by atomic mass is 9.97. The molecule has 0 bridgehead atoms. The second-order valence-corrected chi connectivity index (χ2v) is 6.34. The van der Waals surface area contributed by atoms with E-state index in [1.165, 1.54) is 0 Å². The molecule has 0 radical (unpaired) electrons. The molecule has 1 atom stereocenters.